The van der Waals surface area contributed by atoms with E-state index < -0.39 is 0 Å². The largest absolute Gasteiger partial charge is 0.380 e. The van der Waals surface area contributed by atoms with Gasteiger partial charge in [0.25, 0.3) is 0 Å². The first-order chi connectivity index (χ1) is 19.6. The van der Waals surface area contributed by atoms with Crippen LogP contribution in [0.25, 0.3) is 22.5 Å². The SMILES string of the molecule is C=C(NCc1ccc(N2CCN(c3ccc(F)cc3)CC2)cc1)c1c(CC)nc2c(-c3ccncc3)cccn12. The predicted molar refractivity (Wildman–Crippen MR) is 161 cm³/mol. The standard InChI is InChI=1S/C33H33FN6/c1-3-31-32(40-18-4-5-30(33(40)37-31)26-14-16-35-17-15-26)24(2)36-23-25-6-10-28(11-7-25)38-19-21-39(22-20-38)29-12-8-27(34)9-13-29/h4-18,36H,2-3,19-23H2,1H3. The highest BCUT2D eigenvalue weighted by atomic mass is 19.1. The molecule has 0 saturated carbocycles. The molecule has 4 heterocycles. The number of hydrogen-bond donors (Lipinski definition) is 1. The Hall–Kier alpha value is -4.65. The van der Waals surface area contributed by atoms with Crippen molar-refractivity contribution < 1.29 is 4.39 Å². The van der Waals surface area contributed by atoms with Gasteiger partial charge in [-0.05, 0) is 78.2 Å². The highest BCUT2D eigenvalue weighted by Gasteiger charge is 2.19. The zero-order valence-electron chi connectivity index (χ0n) is 22.7. The molecule has 1 aliphatic rings. The summed E-state index contributed by atoms with van der Waals surface area (Å²) >= 11 is 0. The highest BCUT2D eigenvalue weighted by Crippen LogP contribution is 2.28. The molecule has 7 heteroatoms. The minimum Gasteiger partial charge on any atom is -0.380 e. The Labute approximate surface area is 234 Å². The second kappa shape index (κ2) is 11.2. The van der Waals surface area contributed by atoms with E-state index in [0.717, 1.165) is 72.1 Å². The Bertz CT molecular complexity index is 1600. The van der Waals surface area contributed by atoms with Crippen LogP contribution in [-0.2, 0) is 13.0 Å². The summed E-state index contributed by atoms with van der Waals surface area (Å²) in [5.74, 6) is -0.194. The van der Waals surface area contributed by atoms with Crippen molar-refractivity contribution in [2.75, 3.05) is 36.0 Å². The average Bonchev–Trinajstić information content (AvgIpc) is 3.40. The average molecular weight is 533 g/mol. The first-order valence-corrected chi connectivity index (χ1v) is 13.8. The van der Waals surface area contributed by atoms with Crippen molar-refractivity contribution in [3.8, 4) is 11.1 Å². The van der Waals surface area contributed by atoms with Gasteiger partial charge in [-0.2, -0.15) is 0 Å². The van der Waals surface area contributed by atoms with Gasteiger partial charge in [0, 0.05) is 68.3 Å². The first kappa shape index (κ1) is 25.6. The maximum absolute atomic E-state index is 13.3. The molecule has 1 fully saturated rings. The van der Waals surface area contributed by atoms with Gasteiger partial charge < -0.3 is 15.1 Å². The van der Waals surface area contributed by atoms with E-state index in [0.29, 0.717) is 6.54 Å². The Kier molecular flexibility index (Phi) is 7.19. The maximum atomic E-state index is 13.3. The minimum absolute atomic E-state index is 0.194. The number of rotatable bonds is 8. The van der Waals surface area contributed by atoms with E-state index in [9.17, 15) is 4.39 Å². The number of nitrogens with zero attached hydrogens (tertiary/aromatic N) is 5. The molecule has 0 aliphatic carbocycles. The number of aryl methyl sites for hydroxylation is 1. The number of piperazine rings is 1. The summed E-state index contributed by atoms with van der Waals surface area (Å²) in [5, 5.41) is 3.54. The summed E-state index contributed by atoms with van der Waals surface area (Å²) in [4.78, 5) is 13.9. The molecule has 3 aromatic heterocycles. The molecule has 1 aliphatic heterocycles. The lowest BCUT2D eigenvalue weighted by Gasteiger charge is -2.37. The van der Waals surface area contributed by atoms with E-state index in [1.807, 2.05) is 36.7 Å². The van der Waals surface area contributed by atoms with Gasteiger partial charge in [0.05, 0.1) is 17.1 Å². The molecule has 6 rings (SSSR count). The van der Waals surface area contributed by atoms with Gasteiger partial charge in [-0.25, -0.2) is 9.37 Å². The predicted octanol–water partition coefficient (Wildman–Crippen LogP) is 6.18. The molecule has 2 aromatic carbocycles. The third-order valence-electron chi connectivity index (χ3n) is 7.61. The lowest BCUT2D eigenvalue weighted by atomic mass is 10.1. The molecule has 0 amide bonds. The van der Waals surface area contributed by atoms with Crippen LogP contribution in [0.2, 0.25) is 0 Å². The third kappa shape index (κ3) is 5.15. The van der Waals surface area contributed by atoms with Crippen molar-refractivity contribution >= 4 is 22.7 Å². The molecule has 5 aromatic rings. The number of halogens is 1. The summed E-state index contributed by atoms with van der Waals surface area (Å²) in [6.45, 7) is 10.9. The molecule has 202 valence electrons. The van der Waals surface area contributed by atoms with Crippen LogP contribution < -0.4 is 15.1 Å². The van der Waals surface area contributed by atoms with Crippen LogP contribution in [0.4, 0.5) is 15.8 Å². The van der Waals surface area contributed by atoms with E-state index in [4.69, 9.17) is 4.98 Å². The molecule has 0 atom stereocenters. The van der Waals surface area contributed by atoms with Gasteiger partial charge >= 0.3 is 0 Å². The topological polar surface area (TPSA) is 48.7 Å². The zero-order valence-corrected chi connectivity index (χ0v) is 22.7. The smallest absolute Gasteiger partial charge is 0.145 e. The highest BCUT2D eigenvalue weighted by molar-refractivity contribution is 5.80. The van der Waals surface area contributed by atoms with Gasteiger partial charge in [-0.15, -0.1) is 0 Å². The number of aromatic nitrogens is 3. The monoisotopic (exact) mass is 532 g/mol. The molecule has 0 unspecified atom stereocenters. The Morgan fingerprint density at radius 2 is 1.50 bits per heavy atom. The molecule has 0 spiro atoms. The number of pyridine rings is 2. The van der Waals surface area contributed by atoms with Crippen LogP contribution in [0.15, 0.2) is 98.0 Å². The third-order valence-corrected chi connectivity index (χ3v) is 7.61. The van der Waals surface area contributed by atoms with Gasteiger partial charge in [0.1, 0.15) is 11.5 Å². The molecule has 1 N–H and O–H groups in total. The van der Waals surface area contributed by atoms with Crippen molar-refractivity contribution in [3.63, 3.8) is 0 Å². The Morgan fingerprint density at radius 3 is 2.12 bits per heavy atom. The Balaban J connectivity index is 1.11. The van der Waals surface area contributed by atoms with Crippen LogP contribution >= 0.6 is 0 Å². The second-order valence-corrected chi connectivity index (χ2v) is 10.1. The lowest BCUT2D eigenvalue weighted by Crippen LogP contribution is -2.46. The van der Waals surface area contributed by atoms with Crippen molar-refractivity contribution in [1.82, 2.24) is 19.7 Å². The van der Waals surface area contributed by atoms with E-state index in [1.165, 1.54) is 23.4 Å². The van der Waals surface area contributed by atoms with E-state index in [2.05, 4.69) is 80.6 Å². The van der Waals surface area contributed by atoms with Crippen LogP contribution in [0.1, 0.15) is 23.9 Å². The lowest BCUT2D eigenvalue weighted by molar-refractivity contribution is 0.625. The van der Waals surface area contributed by atoms with E-state index >= 15 is 0 Å². The van der Waals surface area contributed by atoms with Gasteiger partial charge in [0.2, 0.25) is 0 Å². The van der Waals surface area contributed by atoms with Crippen molar-refractivity contribution in [3.05, 3.63) is 121 Å². The molecular weight excluding hydrogens is 499 g/mol. The normalized spacial score (nSPS) is 13.6. The molecule has 1 saturated heterocycles. The molecule has 0 radical (unpaired) electrons. The zero-order chi connectivity index (χ0) is 27.5. The van der Waals surface area contributed by atoms with Crippen LogP contribution in [0.5, 0.6) is 0 Å². The van der Waals surface area contributed by atoms with Crippen LogP contribution in [0.3, 0.4) is 0 Å². The van der Waals surface area contributed by atoms with Gasteiger partial charge in [-0.1, -0.05) is 25.6 Å². The van der Waals surface area contributed by atoms with Crippen molar-refractivity contribution in [1.29, 1.82) is 0 Å². The molecule has 6 nitrogen and oxygen atoms in total. The Morgan fingerprint density at radius 1 is 0.875 bits per heavy atom. The fourth-order valence-corrected chi connectivity index (χ4v) is 5.43. The number of benzene rings is 2. The summed E-state index contributed by atoms with van der Waals surface area (Å²) < 4.78 is 15.4. The first-order valence-electron chi connectivity index (χ1n) is 13.8. The van der Waals surface area contributed by atoms with Gasteiger partial charge in [-0.3, -0.25) is 9.38 Å². The van der Waals surface area contributed by atoms with E-state index in [-0.39, 0.29) is 5.82 Å². The van der Waals surface area contributed by atoms with E-state index in [1.54, 1.807) is 0 Å². The summed E-state index contributed by atoms with van der Waals surface area (Å²) in [6, 6.07) is 23.7. The number of hydrogen-bond acceptors (Lipinski definition) is 5. The van der Waals surface area contributed by atoms with Crippen LogP contribution in [0, 0.1) is 5.82 Å². The number of imidazole rings is 1. The molecule has 0 bridgehead atoms. The number of nitrogens with one attached hydrogen (secondary N) is 1. The summed E-state index contributed by atoms with van der Waals surface area (Å²) in [7, 11) is 0. The fourth-order valence-electron chi connectivity index (χ4n) is 5.43. The van der Waals surface area contributed by atoms with Crippen LogP contribution in [-0.4, -0.2) is 40.5 Å². The van der Waals surface area contributed by atoms with Crippen molar-refractivity contribution in [2.45, 2.75) is 19.9 Å². The number of fused-ring (bicyclic) bond motifs is 1. The minimum atomic E-state index is -0.194. The van der Waals surface area contributed by atoms with Gasteiger partial charge in [0.15, 0.2) is 0 Å². The van der Waals surface area contributed by atoms with Crippen molar-refractivity contribution in [2.24, 2.45) is 0 Å². The maximum Gasteiger partial charge on any atom is 0.145 e. The molecular formula is C33H33FN6. The quantitative estimate of drug-likeness (QED) is 0.258. The number of anilines is 2. The summed E-state index contributed by atoms with van der Waals surface area (Å²) in [5.41, 5.74) is 9.48. The summed E-state index contributed by atoms with van der Waals surface area (Å²) in [6.07, 6.45) is 6.49. The second-order valence-electron chi connectivity index (χ2n) is 10.1. The molecule has 40 heavy (non-hydrogen) atoms. The fraction of sp³-hybridized carbons (Fsp3) is 0.212.